The van der Waals surface area contributed by atoms with Crippen molar-refractivity contribution in [2.24, 2.45) is 0 Å². The second kappa shape index (κ2) is 29.9. The molecule has 17 heavy (non-hydrogen) atoms. The van der Waals surface area contributed by atoms with Gasteiger partial charge in [-0.1, -0.05) is 27.7 Å². The fourth-order valence-corrected chi connectivity index (χ4v) is 0.787. The molecule has 1 rings (SSSR count). The average Bonchev–Trinajstić information content (AvgIpc) is 2.79. The van der Waals surface area contributed by atoms with Crippen LogP contribution in [0.3, 0.4) is 0 Å². The predicted octanol–water partition coefficient (Wildman–Crippen LogP) is 1.11. The smallest absolute Gasteiger partial charge is 1.00 e. The van der Waals surface area contributed by atoms with E-state index >= 15 is 0 Å². The van der Waals surface area contributed by atoms with E-state index in [1.54, 1.807) is 0 Å². The first kappa shape index (κ1) is 26.0. The molecule has 0 spiro atoms. The summed E-state index contributed by atoms with van der Waals surface area (Å²) in [7, 11) is 0. The monoisotopic (exact) mass is 295 g/mol. The molecule has 0 atom stereocenters. The minimum atomic E-state index is 0. The number of hydrogen-bond acceptors (Lipinski definition) is 0. The van der Waals surface area contributed by atoms with E-state index in [0.29, 0.717) is 0 Å². The van der Waals surface area contributed by atoms with Gasteiger partial charge in [0.25, 0.3) is 0 Å². The van der Waals surface area contributed by atoms with Crippen LogP contribution in [-0.2, 0) is 18.6 Å². The number of hydrogen-bond donors (Lipinski definition) is 0. The van der Waals surface area contributed by atoms with Gasteiger partial charge < -0.3 is 23.0 Å². The van der Waals surface area contributed by atoms with Gasteiger partial charge in [0.05, 0.1) is 0 Å². The standard InChI is InChI=1S/C5H5.2C4H10N.ClH.V/c1-2-4-5-3-1;2*1-3-5-4-2;;/h1-3H,4H2;2*3-4H2,1-2H3;1H;/q3*-1;;+4/p-1. The Morgan fingerprint density at radius 1 is 0.941 bits per heavy atom. The number of nitrogens with zero attached hydrogens (tertiary/aromatic N) is 2. The molecule has 1 aliphatic carbocycles. The van der Waals surface area contributed by atoms with Gasteiger partial charge in [-0.15, -0.1) is 6.42 Å². The van der Waals surface area contributed by atoms with E-state index in [1.807, 2.05) is 39.8 Å². The summed E-state index contributed by atoms with van der Waals surface area (Å²) in [5.74, 6) is 0. The van der Waals surface area contributed by atoms with Gasteiger partial charge in [0, 0.05) is 0 Å². The SMILES string of the molecule is CC[N-]CC.CC[N-]CC.[C-]1=CC=CC1.[Cl-].[V+4]. The van der Waals surface area contributed by atoms with Crippen molar-refractivity contribution in [3.63, 3.8) is 0 Å². The summed E-state index contributed by atoms with van der Waals surface area (Å²) in [5, 5.41) is 7.94. The largest absolute Gasteiger partial charge is 4.00 e. The van der Waals surface area contributed by atoms with Crippen LogP contribution in [0.15, 0.2) is 18.2 Å². The van der Waals surface area contributed by atoms with E-state index in [2.05, 4.69) is 22.8 Å². The molecule has 4 heteroatoms. The summed E-state index contributed by atoms with van der Waals surface area (Å²) in [6.07, 6.45) is 10.0. The average molecular weight is 296 g/mol. The maximum Gasteiger partial charge on any atom is 4.00 e. The zero-order chi connectivity index (χ0) is 11.8. The van der Waals surface area contributed by atoms with Crippen LogP contribution in [0, 0.1) is 6.08 Å². The van der Waals surface area contributed by atoms with E-state index in [4.69, 9.17) is 0 Å². The Balaban J connectivity index is -0.0000000704. The predicted molar refractivity (Wildman–Crippen MR) is 70.5 cm³/mol. The second-order valence-corrected chi connectivity index (χ2v) is 2.72. The van der Waals surface area contributed by atoms with Crippen molar-refractivity contribution < 1.29 is 31.0 Å². The van der Waals surface area contributed by atoms with Gasteiger partial charge in [0.1, 0.15) is 0 Å². The molecule has 0 saturated carbocycles. The molecule has 0 unspecified atom stereocenters. The molecular weight excluding hydrogens is 271 g/mol. The number of halogens is 1. The van der Waals surface area contributed by atoms with Crippen LogP contribution in [0.2, 0.25) is 0 Å². The van der Waals surface area contributed by atoms with Gasteiger partial charge >= 0.3 is 18.6 Å². The molecule has 0 aromatic carbocycles. The first-order valence-electron chi connectivity index (χ1n) is 5.81. The zero-order valence-corrected chi connectivity index (χ0v) is 13.6. The minimum Gasteiger partial charge on any atom is -1.00 e. The van der Waals surface area contributed by atoms with Crippen LogP contribution in [-0.4, -0.2) is 26.2 Å². The van der Waals surface area contributed by atoms with Crippen LogP contribution >= 0.6 is 0 Å². The Morgan fingerprint density at radius 3 is 1.41 bits per heavy atom. The van der Waals surface area contributed by atoms with Crippen molar-refractivity contribution in [3.8, 4) is 0 Å². The molecule has 2 nitrogen and oxygen atoms in total. The Hall–Kier alpha value is 0.274. The Labute approximate surface area is 126 Å². The van der Waals surface area contributed by atoms with E-state index in [-0.39, 0.29) is 31.0 Å². The third kappa shape index (κ3) is 38.6. The molecule has 1 aliphatic rings. The number of allylic oxidation sites excluding steroid dienone is 4. The van der Waals surface area contributed by atoms with Crippen LogP contribution in [0.5, 0.6) is 0 Å². The first-order chi connectivity index (χ1) is 7.33. The molecule has 0 aromatic rings. The van der Waals surface area contributed by atoms with E-state index < -0.39 is 0 Å². The van der Waals surface area contributed by atoms with E-state index in [9.17, 15) is 0 Å². The van der Waals surface area contributed by atoms with Crippen molar-refractivity contribution in [2.75, 3.05) is 26.2 Å². The molecule has 0 bridgehead atoms. The maximum absolute atomic E-state index is 3.97. The Bertz CT molecular complexity index is 130. The molecular formula is C13H25ClN2V. The molecule has 0 aromatic heterocycles. The van der Waals surface area contributed by atoms with Gasteiger partial charge in [0.2, 0.25) is 0 Å². The zero-order valence-electron chi connectivity index (χ0n) is 11.5. The van der Waals surface area contributed by atoms with Gasteiger partial charge in [-0.2, -0.15) is 32.3 Å². The van der Waals surface area contributed by atoms with Crippen LogP contribution in [0.25, 0.3) is 10.6 Å². The maximum atomic E-state index is 3.97. The molecule has 0 N–H and O–H groups in total. The molecule has 1 radical (unpaired) electrons. The van der Waals surface area contributed by atoms with Crippen molar-refractivity contribution in [3.05, 3.63) is 34.9 Å². The fraction of sp³-hybridized carbons (Fsp3) is 0.692. The third-order valence-corrected chi connectivity index (χ3v) is 1.48. The fourth-order valence-electron chi connectivity index (χ4n) is 0.787. The van der Waals surface area contributed by atoms with Crippen molar-refractivity contribution in [1.29, 1.82) is 0 Å². The Kier molecular flexibility index (Phi) is 45.6. The molecule has 99 valence electrons. The van der Waals surface area contributed by atoms with Gasteiger partial charge in [-0.25, -0.2) is 12.2 Å². The van der Waals surface area contributed by atoms with Gasteiger partial charge in [-0.05, 0) is 0 Å². The van der Waals surface area contributed by atoms with Crippen molar-refractivity contribution >= 4 is 0 Å². The van der Waals surface area contributed by atoms with Gasteiger partial charge in [0.15, 0.2) is 0 Å². The molecule has 0 fully saturated rings. The summed E-state index contributed by atoms with van der Waals surface area (Å²) in [6, 6.07) is 0. The Morgan fingerprint density at radius 2 is 1.35 bits per heavy atom. The summed E-state index contributed by atoms with van der Waals surface area (Å²) >= 11 is 0. The quantitative estimate of drug-likeness (QED) is 0.695. The topological polar surface area (TPSA) is 28.2 Å². The summed E-state index contributed by atoms with van der Waals surface area (Å²) in [6.45, 7) is 12.1. The van der Waals surface area contributed by atoms with Gasteiger partial charge in [-0.3, -0.25) is 6.08 Å². The molecule has 0 aliphatic heterocycles. The second-order valence-electron chi connectivity index (χ2n) is 2.72. The molecule has 0 amide bonds. The summed E-state index contributed by atoms with van der Waals surface area (Å²) in [4.78, 5) is 0. The van der Waals surface area contributed by atoms with Crippen LogP contribution < -0.4 is 12.4 Å². The number of rotatable bonds is 4. The first-order valence-corrected chi connectivity index (χ1v) is 5.81. The summed E-state index contributed by atoms with van der Waals surface area (Å²) in [5.41, 5.74) is 0. The normalized spacial score (nSPS) is 10.1. The van der Waals surface area contributed by atoms with Crippen molar-refractivity contribution in [2.45, 2.75) is 34.1 Å². The molecule has 0 heterocycles. The summed E-state index contributed by atoms with van der Waals surface area (Å²) < 4.78 is 0. The minimum absolute atomic E-state index is 0. The van der Waals surface area contributed by atoms with Crippen LogP contribution in [0.4, 0.5) is 0 Å². The molecule has 0 saturated heterocycles. The van der Waals surface area contributed by atoms with Crippen molar-refractivity contribution in [1.82, 2.24) is 0 Å². The van der Waals surface area contributed by atoms with E-state index in [1.165, 1.54) is 0 Å². The van der Waals surface area contributed by atoms with E-state index in [0.717, 1.165) is 32.6 Å². The van der Waals surface area contributed by atoms with Crippen LogP contribution in [0.1, 0.15) is 34.1 Å². The third-order valence-electron chi connectivity index (χ3n) is 1.48.